The highest BCUT2D eigenvalue weighted by atomic mass is 32.1. The van der Waals surface area contributed by atoms with Crippen LogP contribution in [0.4, 0.5) is 5.82 Å². The Labute approximate surface area is 107 Å². The number of hydrogen-bond donors (Lipinski definition) is 2. The Bertz CT molecular complexity index is 690. The maximum absolute atomic E-state index is 5.47. The first-order valence-corrected chi connectivity index (χ1v) is 6.17. The number of thiophene rings is 1. The number of aromatic nitrogens is 4. The lowest BCUT2D eigenvalue weighted by molar-refractivity contribution is 1.08. The fourth-order valence-corrected chi connectivity index (χ4v) is 2.34. The first-order chi connectivity index (χ1) is 8.78. The molecule has 0 radical (unpaired) electrons. The summed E-state index contributed by atoms with van der Waals surface area (Å²) < 4.78 is 0. The van der Waals surface area contributed by atoms with Crippen LogP contribution in [0.2, 0.25) is 0 Å². The van der Waals surface area contributed by atoms with E-state index in [1.54, 1.807) is 12.4 Å². The summed E-state index contributed by atoms with van der Waals surface area (Å²) in [5, 5.41) is 2.85. The summed E-state index contributed by atoms with van der Waals surface area (Å²) in [4.78, 5) is 18.0. The van der Waals surface area contributed by atoms with Gasteiger partial charge in [-0.3, -0.25) is 0 Å². The molecule has 3 aromatic rings. The molecular formula is C11H10N6S. The average molecular weight is 258 g/mol. The predicted octanol–water partition coefficient (Wildman–Crippen LogP) is 1.74. The Morgan fingerprint density at radius 1 is 1.17 bits per heavy atom. The Morgan fingerprint density at radius 3 is 2.67 bits per heavy atom. The molecule has 0 amide bonds. The number of anilines is 1. The van der Waals surface area contributed by atoms with Gasteiger partial charge in [-0.05, 0) is 23.9 Å². The molecule has 0 unspecified atom stereocenters. The minimum atomic E-state index is 0.470. The van der Waals surface area contributed by atoms with Gasteiger partial charge in [0.25, 0.3) is 0 Å². The van der Waals surface area contributed by atoms with E-state index in [2.05, 4.69) is 25.4 Å². The first kappa shape index (κ1) is 11.0. The van der Waals surface area contributed by atoms with Gasteiger partial charge in [-0.2, -0.15) is 0 Å². The standard InChI is InChI=1S/C11H10N6S/c1-6-4-13-9(14-5-6)10-15-8(17-12)7-2-3-18-11(7)16-10/h2-5H,12H2,1H3,(H,15,16,17). The third-order valence-electron chi connectivity index (χ3n) is 2.44. The maximum Gasteiger partial charge on any atom is 0.201 e. The predicted molar refractivity (Wildman–Crippen MR) is 71.0 cm³/mol. The van der Waals surface area contributed by atoms with Crippen LogP contribution in [0.3, 0.4) is 0 Å². The van der Waals surface area contributed by atoms with Gasteiger partial charge in [0.2, 0.25) is 5.82 Å². The summed E-state index contributed by atoms with van der Waals surface area (Å²) in [7, 11) is 0. The topological polar surface area (TPSA) is 89.6 Å². The highest BCUT2D eigenvalue weighted by Gasteiger charge is 2.11. The van der Waals surface area contributed by atoms with E-state index in [0.717, 1.165) is 15.8 Å². The number of rotatable bonds is 2. The van der Waals surface area contributed by atoms with E-state index in [1.165, 1.54) is 11.3 Å². The van der Waals surface area contributed by atoms with Crippen LogP contribution in [-0.2, 0) is 0 Å². The summed E-state index contributed by atoms with van der Waals surface area (Å²) in [5.41, 5.74) is 3.57. The minimum absolute atomic E-state index is 0.470. The number of nitrogens with one attached hydrogen (secondary N) is 1. The lowest BCUT2D eigenvalue weighted by Gasteiger charge is -2.04. The van der Waals surface area contributed by atoms with Gasteiger partial charge >= 0.3 is 0 Å². The van der Waals surface area contributed by atoms with Crippen molar-refractivity contribution in [3.05, 3.63) is 29.4 Å². The largest absolute Gasteiger partial charge is 0.308 e. The number of nitrogens with zero attached hydrogens (tertiary/aromatic N) is 4. The molecule has 3 aromatic heterocycles. The fourth-order valence-electron chi connectivity index (χ4n) is 1.57. The molecule has 0 bridgehead atoms. The van der Waals surface area contributed by atoms with Gasteiger partial charge in [-0.1, -0.05) is 0 Å². The van der Waals surface area contributed by atoms with Gasteiger partial charge in [0, 0.05) is 12.4 Å². The Kier molecular flexibility index (Phi) is 2.62. The fraction of sp³-hybridized carbons (Fsp3) is 0.0909. The number of hydrogen-bond acceptors (Lipinski definition) is 7. The Morgan fingerprint density at radius 2 is 1.94 bits per heavy atom. The smallest absolute Gasteiger partial charge is 0.201 e. The van der Waals surface area contributed by atoms with Crippen molar-refractivity contribution < 1.29 is 0 Å². The average Bonchev–Trinajstić information content (AvgIpc) is 2.86. The maximum atomic E-state index is 5.47. The van der Waals surface area contributed by atoms with Crippen LogP contribution >= 0.6 is 11.3 Å². The van der Waals surface area contributed by atoms with Gasteiger partial charge in [0.05, 0.1) is 5.39 Å². The van der Waals surface area contributed by atoms with Crippen molar-refractivity contribution >= 4 is 27.4 Å². The number of aryl methyl sites for hydroxylation is 1. The zero-order valence-corrected chi connectivity index (χ0v) is 10.4. The zero-order valence-electron chi connectivity index (χ0n) is 9.58. The third-order valence-corrected chi connectivity index (χ3v) is 3.25. The first-order valence-electron chi connectivity index (χ1n) is 5.29. The van der Waals surface area contributed by atoms with E-state index in [0.29, 0.717) is 17.5 Å². The van der Waals surface area contributed by atoms with E-state index < -0.39 is 0 Å². The summed E-state index contributed by atoms with van der Waals surface area (Å²) in [6, 6.07) is 1.93. The molecule has 18 heavy (non-hydrogen) atoms. The number of hydrazine groups is 1. The molecular weight excluding hydrogens is 248 g/mol. The second-order valence-corrected chi connectivity index (χ2v) is 4.66. The summed E-state index contributed by atoms with van der Waals surface area (Å²) >= 11 is 1.53. The Hall–Kier alpha value is -2.12. The van der Waals surface area contributed by atoms with Gasteiger partial charge in [-0.15, -0.1) is 11.3 Å². The lowest BCUT2D eigenvalue weighted by Crippen LogP contribution is -2.10. The van der Waals surface area contributed by atoms with Crippen LogP contribution in [0.25, 0.3) is 21.9 Å². The zero-order chi connectivity index (χ0) is 12.5. The monoisotopic (exact) mass is 258 g/mol. The van der Waals surface area contributed by atoms with Gasteiger partial charge in [0.15, 0.2) is 11.6 Å². The third kappa shape index (κ3) is 1.79. The molecule has 6 nitrogen and oxygen atoms in total. The van der Waals surface area contributed by atoms with Crippen molar-refractivity contribution in [3.8, 4) is 11.6 Å². The second-order valence-electron chi connectivity index (χ2n) is 3.76. The van der Waals surface area contributed by atoms with Crippen LogP contribution in [0, 0.1) is 6.92 Å². The molecule has 7 heteroatoms. The molecule has 3 rings (SSSR count). The molecule has 0 fully saturated rings. The highest BCUT2D eigenvalue weighted by molar-refractivity contribution is 7.16. The summed E-state index contributed by atoms with van der Waals surface area (Å²) in [5.74, 6) is 7.02. The molecule has 0 aliphatic heterocycles. The van der Waals surface area contributed by atoms with Crippen molar-refractivity contribution in [2.45, 2.75) is 6.92 Å². The van der Waals surface area contributed by atoms with Crippen molar-refractivity contribution in [2.24, 2.45) is 5.84 Å². The lowest BCUT2D eigenvalue weighted by atomic mass is 10.3. The minimum Gasteiger partial charge on any atom is -0.308 e. The van der Waals surface area contributed by atoms with E-state index in [1.807, 2.05) is 18.4 Å². The van der Waals surface area contributed by atoms with Crippen LogP contribution in [-0.4, -0.2) is 19.9 Å². The molecule has 0 spiro atoms. The SMILES string of the molecule is Cc1cnc(-c2nc(NN)c3ccsc3n2)nc1. The van der Waals surface area contributed by atoms with Gasteiger partial charge in [0.1, 0.15) is 4.83 Å². The van der Waals surface area contributed by atoms with Gasteiger partial charge < -0.3 is 5.43 Å². The van der Waals surface area contributed by atoms with Crippen molar-refractivity contribution in [1.82, 2.24) is 19.9 Å². The molecule has 0 saturated heterocycles. The summed E-state index contributed by atoms with van der Waals surface area (Å²) in [6.07, 6.45) is 3.47. The molecule has 0 aliphatic rings. The normalized spacial score (nSPS) is 10.8. The number of fused-ring (bicyclic) bond motifs is 1. The second kappa shape index (κ2) is 4.28. The van der Waals surface area contributed by atoms with Crippen molar-refractivity contribution in [3.63, 3.8) is 0 Å². The van der Waals surface area contributed by atoms with Crippen LogP contribution < -0.4 is 11.3 Å². The summed E-state index contributed by atoms with van der Waals surface area (Å²) in [6.45, 7) is 1.93. The van der Waals surface area contributed by atoms with E-state index >= 15 is 0 Å². The van der Waals surface area contributed by atoms with Crippen LogP contribution in [0.1, 0.15) is 5.56 Å². The van der Waals surface area contributed by atoms with E-state index in [-0.39, 0.29) is 0 Å². The molecule has 0 saturated carbocycles. The number of nitrogen functional groups attached to an aromatic ring is 1. The van der Waals surface area contributed by atoms with Crippen LogP contribution in [0.5, 0.6) is 0 Å². The number of nitrogens with two attached hydrogens (primary N) is 1. The molecule has 0 aliphatic carbocycles. The Balaban J connectivity index is 2.19. The highest BCUT2D eigenvalue weighted by Crippen LogP contribution is 2.26. The molecule has 0 atom stereocenters. The van der Waals surface area contributed by atoms with E-state index in [9.17, 15) is 0 Å². The van der Waals surface area contributed by atoms with Crippen molar-refractivity contribution in [2.75, 3.05) is 5.43 Å². The van der Waals surface area contributed by atoms with Crippen molar-refractivity contribution in [1.29, 1.82) is 0 Å². The molecule has 0 aromatic carbocycles. The molecule has 3 heterocycles. The quantitative estimate of drug-likeness (QED) is 0.537. The van der Waals surface area contributed by atoms with E-state index in [4.69, 9.17) is 5.84 Å². The van der Waals surface area contributed by atoms with Crippen LogP contribution in [0.15, 0.2) is 23.8 Å². The van der Waals surface area contributed by atoms with Gasteiger partial charge in [-0.25, -0.2) is 25.8 Å². The molecule has 90 valence electrons. The molecule has 3 N–H and O–H groups in total.